The Morgan fingerprint density at radius 3 is 2.57 bits per heavy atom. The topological polar surface area (TPSA) is 24.4 Å². The van der Waals surface area contributed by atoms with Crippen molar-refractivity contribution in [2.45, 2.75) is 6.18 Å². The Labute approximate surface area is 77.2 Å². The smallest absolute Gasteiger partial charge is 0.278 e. The normalized spacial score (nSPS) is 12.0. The molecule has 0 heterocycles. The molecule has 1 aromatic rings. The van der Waals surface area contributed by atoms with E-state index in [1.54, 1.807) is 0 Å². The summed E-state index contributed by atoms with van der Waals surface area (Å²) in [5.41, 5.74) is 2.21. The molecule has 1 N–H and O–H groups in total. The average molecular weight is 206 g/mol. The summed E-state index contributed by atoms with van der Waals surface area (Å²) in [7, 11) is 0. The van der Waals surface area contributed by atoms with E-state index in [-0.39, 0.29) is 11.9 Å². The molecule has 0 fully saturated rings. The zero-order valence-corrected chi connectivity index (χ0v) is 6.85. The SMILES string of the molecule is Fc1cccc(N/N=C/C(F)(F)F)c1. The maximum absolute atomic E-state index is 12.5. The minimum absolute atomic E-state index is 0.158. The van der Waals surface area contributed by atoms with Gasteiger partial charge in [0.2, 0.25) is 0 Å². The van der Waals surface area contributed by atoms with Crippen LogP contribution >= 0.6 is 0 Å². The van der Waals surface area contributed by atoms with Gasteiger partial charge >= 0.3 is 6.18 Å². The Morgan fingerprint density at radius 2 is 2.00 bits per heavy atom. The van der Waals surface area contributed by atoms with Crippen LogP contribution in [-0.4, -0.2) is 12.4 Å². The number of anilines is 1. The van der Waals surface area contributed by atoms with Gasteiger partial charge in [-0.3, -0.25) is 5.43 Å². The first kappa shape index (κ1) is 10.5. The van der Waals surface area contributed by atoms with Crippen molar-refractivity contribution in [2.75, 3.05) is 5.43 Å². The van der Waals surface area contributed by atoms with E-state index in [0.29, 0.717) is 0 Å². The molecule has 0 atom stereocenters. The van der Waals surface area contributed by atoms with E-state index in [9.17, 15) is 17.6 Å². The molecule has 0 aliphatic carbocycles. The predicted octanol–water partition coefficient (Wildman–Crippen LogP) is 2.79. The molecule has 0 saturated carbocycles. The van der Waals surface area contributed by atoms with Crippen LogP contribution in [0.15, 0.2) is 29.4 Å². The van der Waals surface area contributed by atoms with E-state index >= 15 is 0 Å². The lowest BCUT2D eigenvalue weighted by atomic mass is 10.3. The summed E-state index contributed by atoms with van der Waals surface area (Å²) in [5, 5.41) is 2.89. The van der Waals surface area contributed by atoms with Crippen molar-refractivity contribution in [2.24, 2.45) is 5.10 Å². The number of hydrazone groups is 1. The zero-order valence-electron chi connectivity index (χ0n) is 6.85. The summed E-state index contributed by atoms with van der Waals surface area (Å²) in [6, 6.07) is 4.98. The molecule has 0 aromatic heterocycles. The average Bonchev–Trinajstić information content (AvgIpc) is 2.01. The molecule has 0 bridgehead atoms. The van der Waals surface area contributed by atoms with Crippen molar-refractivity contribution < 1.29 is 17.6 Å². The van der Waals surface area contributed by atoms with Crippen LogP contribution in [0.4, 0.5) is 23.2 Å². The first-order valence-electron chi connectivity index (χ1n) is 3.60. The number of hydrogen-bond donors (Lipinski definition) is 1. The van der Waals surface area contributed by atoms with Gasteiger partial charge in [-0.15, -0.1) is 0 Å². The summed E-state index contributed by atoms with van der Waals surface area (Å²) < 4.78 is 47.2. The van der Waals surface area contributed by atoms with Crippen LogP contribution in [0.5, 0.6) is 0 Å². The molecule has 0 aliphatic heterocycles. The number of hydrogen-bond acceptors (Lipinski definition) is 2. The number of halogens is 4. The van der Waals surface area contributed by atoms with Crippen LogP contribution in [0.2, 0.25) is 0 Å². The molecule has 0 aliphatic rings. The largest absolute Gasteiger partial charge is 0.428 e. The molecule has 76 valence electrons. The van der Waals surface area contributed by atoms with Crippen molar-refractivity contribution in [3.05, 3.63) is 30.1 Å². The predicted molar refractivity (Wildman–Crippen MR) is 44.6 cm³/mol. The highest BCUT2D eigenvalue weighted by Gasteiger charge is 2.23. The Balaban J connectivity index is 2.58. The Morgan fingerprint density at radius 1 is 1.29 bits per heavy atom. The maximum atomic E-state index is 12.5. The van der Waals surface area contributed by atoms with Gasteiger partial charge in [-0.05, 0) is 18.2 Å². The van der Waals surface area contributed by atoms with Crippen molar-refractivity contribution in [3.8, 4) is 0 Å². The lowest BCUT2D eigenvalue weighted by molar-refractivity contribution is -0.0536. The molecule has 2 nitrogen and oxygen atoms in total. The molecule has 0 unspecified atom stereocenters. The minimum atomic E-state index is -4.47. The van der Waals surface area contributed by atoms with Gasteiger partial charge in [0.25, 0.3) is 0 Å². The number of rotatable bonds is 2. The summed E-state index contributed by atoms with van der Waals surface area (Å²) in [6.07, 6.45) is -4.68. The standard InChI is InChI=1S/C8H6F4N2/c9-6-2-1-3-7(4-6)14-13-5-8(10,11)12/h1-5,14H/b13-5+. The monoisotopic (exact) mass is 206 g/mol. The Hall–Kier alpha value is -1.59. The lowest BCUT2D eigenvalue weighted by Crippen LogP contribution is -2.09. The fraction of sp³-hybridized carbons (Fsp3) is 0.125. The highest BCUT2D eigenvalue weighted by Crippen LogP contribution is 2.12. The molecule has 14 heavy (non-hydrogen) atoms. The van der Waals surface area contributed by atoms with E-state index < -0.39 is 12.0 Å². The third-order valence-corrected chi connectivity index (χ3v) is 1.23. The van der Waals surface area contributed by atoms with Crippen molar-refractivity contribution in [1.29, 1.82) is 0 Å². The lowest BCUT2D eigenvalue weighted by Gasteiger charge is -2.00. The van der Waals surface area contributed by atoms with Gasteiger partial charge in [0.1, 0.15) is 12.0 Å². The van der Waals surface area contributed by atoms with Gasteiger partial charge in [0.15, 0.2) is 0 Å². The summed E-state index contributed by atoms with van der Waals surface area (Å²) in [5.74, 6) is -0.544. The quantitative estimate of drug-likeness (QED) is 0.449. The summed E-state index contributed by atoms with van der Waals surface area (Å²) in [4.78, 5) is 0. The molecule has 0 radical (unpaired) electrons. The van der Waals surface area contributed by atoms with Gasteiger partial charge < -0.3 is 0 Å². The number of nitrogens with zero attached hydrogens (tertiary/aromatic N) is 1. The van der Waals surface area contributed by atoms with Crippen LogP contribution in [-0.2, 0) is 0 Å². The second kappa shape index (κ2) is 4.08. The van der Waals surface area contributed by atoms with Gasteiger partial charge in [0.05, 0.1) is 5.69 Å². The molecule has 6 heteroatoms. The van der Waals surface area contributed by atoms with Crippen molar-refractivity contribution in [3.63, 3.8) is 0 Å². The van der Waals surface area contributed by atoms with Crippen molar-refractivity contribution in [1.82, 2.24) is 0 Å². The van der Waals surface area contributed by atoms with E-state index in [1.165, 1.54) is 18.2 Å². The number of benzene rings is 1. The molecule has 1 aromatic carbocycles. The third kappa shape index (κ3) is 3.88. The van der Waals surface area contributed by atoms with E-state index in [2.05, 4.69) is 10.5 Å². The summed E-state index contributed by atoms with van der Waals surface area (Å²) >= 11 is 0. The van der Waals surface area contributed by atoms with Crippen LogP contribution in [0, 0.1) is 5.82 Å². The molecule has 1 rings (SSSR count). The number of alkyl halides is 3. The second-order valence-electron chi connectivity index (χ2n) is 2.42. The highest BCUT2D eigenvalue weighted by atomic mass is 19.4. The molecular weight excluding hydrogens is 200 g/mol. The fourth-order valence-corrected chi connectivity index (χ4v) is 0.738. The fourth-order valence-electron chi connectivity index (χ4n) is 0.738. The molecule has 0 amide bonds. The summed E-state index contributed by atoms with van der Waals surface area (Å²) in [6.45, 7) is 0. The van der Waals surface area contributed by atoms with E-state index in [1.807, 2.05) is 0 Å². The van der Waals surface area contributed by atoms with Gasteiger partial charge in [-0.2, -0.15) is 18.3 Å². The first-order chi connectivity index (χ1) is 6.47. The van der Waals surface area contributed by atoms with Gasteiger partial charge in [-0.25, -0.2) is 4.39 Å². The molecular formula is C8H6F4N2. The van der Waals surface area contributed by atoms with E-state index in [4.69, 9.17) is 0 Å². The van der Waals surface area contributed by atoms with Crippen LogP contribution < -0.4 is 5.43 Å². The van der Waals surface area contributed by atoms with Crippen LogP contribution in [0.25, 0.3) is 0 Å². The van der Waals surface area contributed by atoms with Crippen molar-refractivity contribution >= 4 is 11.9 Å². The molecule has 0 saturated heterocycles. The molecule has 0 spiro atoms. The minimum Gasteiger partial charge on any atom is -0.278 e. The third-order valence-electron chi connectivity index (χ3n) is 1.23. The maximum Gasteiger partial charge on any atom is 0.428 e. The Kier molecular flexibility index (Phi) is 3.06. The first-order valence-corrected chi connectivity index (χ1v) is 3.60. The van der Waals surface area contributed by atoms with E-state index in [0.717, 1.165) is 6.07 Å². The van der Waals surface area contributed by atoms with Gasteiger partial charge in [0, 0.05) is 0 Å². The van der Waals surface area contributed by atoms with Crippen LogP contribution in [0.1, 0.15) is 0 Å². The highest BCUT2D eigenvalue weighted by molar-refractivity contribution is 5.65. The number of nitrogens with one attached hydrogen (secondary N) is 1. The Bertz CT molecular complexity index is 332. The van der Waals surface area contributed by atoms with Crippen LogP contribution in [0.3, 0.4) is 0 Å². The zero-order chi connectivity index (χ0) is 10.6. The van der Waals surface area contributed by atoms with Gasteiger partial charge in [-0.1, -0.05) is 6.07 Å². The second-order valence-corrected chi connectivity index (χ2v) is 2.42.